The van der Waals surface area contributed by atoms with Gasteiger partial charge < -0.3 is 5.11 Å². The van der Waals surface area contributed by atoms with Crippen molar-refractivity contribution in [2.24, 2.45) is 5.41 Å². The average molecular weight is 332 g/mol. The van der Waals surface area contributed by atoms with Crippen LogP contribution in [0.15, 0.2) is 23.1 Å². The summed E-state index contributed by atoms with van der Waals surface area (Å²) in [5, 5.41) is 10.4. The highest BCUT2D eigenvalue weighted by atomic mass is 35.5. The lowest BCUT2D eigenvalue weighted by molar-refractivity contribution is 0.00463. The Balaban J connectivity index is 2.16. The van der Waals surface area contributed by atoms with Gasteiger partial charge in [0, 0.05) is 12.0 Å². The molecule has 4 nitrogen and oxygen atoms in total. The van der Waals surface area contributed by atoms with Crippen LogP contribution in [0.2, 0.25) is 5.02 Å². The number of hydrogen-bond acceptors (Lipinski definition) is 3. The van der Waals surface area contributed by atoms with Crippen molar-refractivity contribution in [2.75, 3.05) is 6.54 Å². The molecule has 1 aliphatic rings. The average Bonchev–Trinajstić information content (AvgIpc) is 2.43. The van der Waals surface area contributed by atoms with Crippen molar-refractivity contribution in [3.63, 3.8) is 0 Å². The number of nitrogens with one attached hydrogen (secondary N) is 1. The molecule has 0 bridgehead atoms. The summed E-state index contributed by atoms with van der Waals surface area (Å²) < 4.78 is 27.5. The number of aryl methyl sites for hydroxylation is 1. The number of aliphatic hydroxyl groups excluding tert-OH is 1. The summed E-state index contributed by atoms with van der Waals surface area (Å²) in [6.07, 6.45) is 3.08. The molecule has 2 unspecified atom stereocenters. The van der Waals surface area contributed by atoms with E-state index in [9.17, 15) is 13.5 Å². The number of aliphatic hydroxyl groups is 1. The summed E-state index contributed by atoms with van der Waals surface area (Å²) in [7, 11) is -3.67. The normalized spacial score (nSPS) is 26.8. The number of halogens is 1. The zero-order valence-electron chi connectivity index (χ0n) is 12.4. The first-order valence-electron chi connectivity index (χ1n) is 7.19. The van der Waals surface area contributed by atoms with Gasteiger partial charge in [-0.15, -0.1) is 0 Å². The van der Waals surface area contributed by atoms with Gasteiger partial charge in [-0.2, -0.15) is 0 Å². The van der Waals surface area contributed by atoms with Crippen molar-refractivity contribution in [3.8, 4) is 0 Å². The van der Waals surface area contributed by atoms with E-state index >= 15 is 0 Å². The molecule has 118 valence electrons. The number of rotatable bonds is 4. The lowest BCUT2D eigenvalue weighted by Crippen LogP contribution is -2.45. The Bertz CT molecular complexity index is 617. The minimum atomic E-state index is -3.67. The molecule has 2 rings (SSSR count). The molecule has 0 aromatic heterocycles. The molecule has 1 aromatic rings. The zero-order chi connectivity index (χ0) is 15.7. The van der Waals surface area contributed by atoms with E-state index in [2.05, 4.69) is 4.72 Å². The van der Waals surface area contributed by atoms with Crippen molar-refractivity contribution in [1.82, 2.24) is 4.72 Å². The Labute approximate surface area is 131 Å². The van der Waals surface area contributed by atoms with Crippen molar-refractivity contribution in [1.29, 1.82) is 0 Å². The SMILES string of the molecule is Cc1cccc(S(=O)(=O)NCC2(C)CCCCC2O)c1Cl. The van der Waals surface area contributed by atoms with Crippen molar-refractivity contribution < 1.29 is 13.5 Å². The maximum atomic E-state index is 12.4. The van der Waals surface area contributed by atoms with E-state index < -0.39 is 21.5 Å². The molecule has 0 spiro atoms. The molecular formula is C15H22ClNO3S. The lowest BCUT2D eigenvalue weighted by atomic mass is 9.73. The Kier molecular flexibility index (Phi) is 4.98. The van der Waals surface area contributed by atoms with Crippen LogP contribution in [-0.4, -0.2) is 26.2 Å². The second-order valence-electron chi connectivity index (χ2n) is 6.13. The lowest BCUT2D eigenvalue weighted by Gasteiger charge is -2.38. The minimum Gasteiger partial charge on any atom is -0.393 e. The van der Waals surface area contributed by atoms with Crippen molar-refractivity contribution in [2.45, 2.75) is 50.5 Å². The summed E-state index contributed by atoms with van der Waals surface area (Å²) in [5.74, 6) is 0. The predicted molar refractivity (Wildman–Crippen MR) is 84.0 cm³/mol. The predicted octanol–water partition coefficient (Wildman–Crippen LogP) is 2.87. The molecule has 2 atom stereocenters. The van der Waals surface area contributed by atoms with E-state index in [1.807, 2.05) is 6.92 Å². The van der Waals surface area contributed by atoms with Crippen LogP contribution in [-0.2, 0) is 10.0 Å². The molecule has 6 heteroatoms. The van der Waals surface area contributed by atoms with Gasteiger partial charge in [0.15, 0.2) is 0 Å². The Hall–Kier alpha value is -0.620. The first-order valence-corrected chi connectivity index (χ1v) is 9.05. The van der Waals surface area contributed by atoms with E-state index in [4.69, 9.17) is 11.6 Å². The van der Waals surface area contributed by atoms with Crippen LogP contribution < -0.4 is 4.72 Å². The van der Waals surface area contributed by atoms with E-state index in [1.165, 1.54) is 6.07 Å². The molecular weight excluding hydrogens is 310 g/mol. The Morgan fingerprint density at radius 1 is 1.43 bits per heavy atom. The summed E-state index contributed by atoms with van der Waals surface area (Å²) in [5.41, 5.74) is 0.310. The van der Waals surface area contributed by atoms with Crippen LogP contribution in [0.4, 0.5) is 0 Å². The highest BCUT2D eigenvalue weighted by molar-refractivity contribution is 7.89. The third-order valence-electron chi connectivity index (χ3n) is 4.39. The molecule has 0 saturated heterocycles. The van der Waals surface area contributed by atoms with E-state index in [-0.39, 0.29) is 16.5 Å². The molecule has 1 saturated carbocycles. The fraction of sp³-hybridized carbons (Fsp3) is 0.600. The fourth-order valence-electron chi connectivity index (χ4n) is 2.75. The molecule has 1 aromatic carbocycles. The topological polar surface area (TPSA) is 66.4 Å². The van der Waals surface area contributed by atoms with Gasteiger partial charge in [-0.05, 0) is 31.4 Å². The monoisotopic (exact) mass is 331 g/mol. The Morgan fingerprint density at radius 2 is 2.14 bits per heavy atom. The molecule has 0 heterocycles. The molecule has 1 fully saturated rings. The standard InChI is InChI=1S/C15H22ClNO3S/c1-11-6-5-7-12(14(11)16)21(19,20)17-10-15(2)9-4-3-8-13(15)18/h5-7,13,17-18H,3-4,8-10H2,1-2H3. The van der Waals surface area contributed by atoms with Gasteiger partial charge in [-0.3, -0.25) is 0 Å². The maximum absolute atomic E-state index is 12.4. The molecule has 0 aliphatic heterocycles. The van der Waals surface area contributed by atoms with Crippen LogP contribution in [0.3, 0.4) is 0 Å². The smallest absolute Gasteiger partial charge is 0.242 e. The highest BCUT2D eigenvalue weighted by Crippen LogP contribution is 2.36. The summed E-state index contributed by atoms with van der Waals surface area (Å²) in [6.45, 7) is 3.92. The second kappa shape index (κ2) is 6.24. The summed E-state index contributed by atoms with van der Waals surface area (Å²) in [6, 6.07) is 4.94. The number of sulfonamides is 1. The highest BCUT2D eigenvalue weighted by Gasteiger charge is 2.36. The summed E-state index contributed by atoms with van der Waals surface area (Å²) in [4.78, 5) is 0.0954. The fourth-order valence-corrected chi connectivity index (χ4v) is 4.51. The van der Waals surface area contributed by atoms with E-state index in [1.54, 1.807) is 19.1 Å². The van der Waals surface area contributed by atoms with E-state index in [0.717, 1.165) is 31.2 Å². The van der Waals surface area contributed by atoms with Crippen LogP contribution >= 0.6 is 11.6 Å². The number of hydrogen-bond donors (Lipinski definition) is 2. The van der Waals surface area contributed by atoms with Crippen LogP contribution in [0, 0.1) is 12.3 Å². The quantitative estimate of drug-likeness (QED) is 0.891. The van der Waals surface area contributed by atoms with Crippen molar-refractivity contribution in [3.05, 3.63) is 28.8 Å². The Morgan fingerprint density at radius 3 is 2.81 bits per heavy atom. The van der Waals surface area contributed by atoms with Crippen molar-refractivity contribution >= 4 is 21.6 Å². The molecule has 2 N–H and O–H groups in total. The maximum Gasteiger partial charge on any atom is 0.242 e. The minimum absolute atomic E-state index is 0.0954. The van der Waals surface area contributed by atoms with Crippen LogP contribution in [0.25, 0.3) is 0 Å². The van der Waals surface area contributed by atoms with Crippen LogP contribution in [0.1, 0.15) is 38.2 Å². The van der Waals surface area contributed by atoms with E-state index in [0.29, 0.717) is 0 Å². The van der Waals surface area contributed by atoms with Gasteiger partial charge in [0.1, 0.15) is 4.90 Å². The molecule has 0 amide bonds. The third kappa shape index (κ3) is 3.59. The first-order chi connectivity index (χ1) is 9.76. The van der Waals surface area contributed by atoms with Gasteiger partial charge in [-0.25, -0.2) is 13.1 Å². The first kappa shape index (κ1) is 16.7. The zero-order valence-corrected chi connectivity index (χ0v) is 14.0. The largest absolute Gasteiger partial charge is 0.393 e. The molecule has 21 heavy (non-hydrogen) atoms. The van der Waals surface area contributed by atoms with Gasteiger partial charge in [0.2, 0.25) is 10.0 Å². The van der Waals surface area contributed by atoms with Gasteiger partial charge in [0.05, 0.1) is 11.1 Å². The van der Waals surface area contributed by atoms with Crippen LogP contribution in [0.5, 0.6) is 0 Å². The number of benzene rings is 1. The molecule has 1 aliphatic carbocycles. The van der Waals surface area contributed by atoms with Gasteiger partial charge >= 0.3 is 0 Å². The van der Waals surface area contributed by atoms with Gasteiger partial charge in [0.25, 0.3) is 0 Å². The van der Waals surface area contributed by atoms with Gasteiger partial charge in [-0.1, -0.05) is 43.5 Å². The second-order valence-corrected chi connectivity index (χ2v) is 8.24. The summed E-state index contributed by atoms with van der Waals surface area (Å²) >= 11 is 6.09. The third-order valence-corrected chi connectivity index (χ3v) is 6.45. The molecule has 0 radical (unpaired) electrons.